The molecule has 4 heteroatoms. The second-order valence-electron chi connectivity index (χ2n) is 11.8. The SMILES string of the molecule is CC(C)[C@@H]1N=C(c2sccc2P(C2CCCCC2)C2CCCCC2)OC1(c1ccccc1)c1ccccc1. The summed E-state index contributed by atoms with van der Waals surface area (Å²) in [5.74, 6) is 1.23. The van der Waals surface area contributed by atoms with Gasteiger partial charge in [-0.1, -0.05) is 121 Å². The van der Waals surface area contributed by atoms with Gasteiger partial charge in [-0.05, 0) is 59.7 Å². The van der Waals surface area contributed by atoms with E-state index in [-0.39, 0.29) is 14.0 Å². The molecule has 0 unspecified atom stereocenters. The van der Waals surface area contributed by atoms with Crippen LogP contribution in [-0.2, 0) is 10.3 Å². The van der Waals surface area contributed by atoms with E-state index in [1.54, 1.807) is 5.30 Å². The zero-order valence-corrected chi connectivity index (χ0v) is 24.7. The second-order valence-corrected chi connectivity index (χ2v) is 15.5. The van der Waals surface area contributed by atoms with Crippen molar-refractivity contribution in [3.63, 3.8) is 0 Å². The highest BCUT2D eigenvalue weighted by Crippen LogP contribution is 2.56. The number of rotatable bonds is 7. The van der Waals surface area contributed by atoms with Gasteiger partial charge in [-0.15, -0.1) is 11.3 Å². The zero-order chi connectivity index (χ0) is 26.0. The van der Waals surface area contributed by atoms with Gasteiger partial charge in [-0.2, -0.15) is 0 Å². The lowest BCUT2D eigenvalue weighted by Gasteiger charge is -2.39. The molecule has 0 amide bonds. The molecule has 2 saturated carbocycles. The minimum Gasteiger partial charge on any atom is -0.458 e. The average Bonchev–Trinajstić information content (AvgIpc) is 3.62. The van der Waals surface area contributed by atoms with Crippen LogP contribution in [0.4, 0.5) is 0 Å². The predicted octanol–water partition coefficient (Wildman–Crippen LogP) is 9.27. The molecule has 6 rings (SSSR count). The van der Waals surface area contributed by atoms with Crippen LogP contribution in [0, 0.1) is 5.92 Å². The van der Waals surface area contributed by atoms with Crippen LogP contribution in [0.1, 0.15) is 94.1 Å². The van der Waals surface area contributed by atoms with Crippen molar-refractivity contribution in [2.45, 2.75) is 101 Å². The first-order chi connectivity index (χ1) is 18.7. The van der Waals surface area contributed by atoms with Crippen molar-refractivity contribution < 1.29 is 4.74 Å². The molecule has 0 bridgehead atoms. The van der Waals surface area contributed by atoms with Gasteiger partial charge in [0.25, 0.3) is 0 Å². The minimum absolute atomic E-state index is 0.0211. The Morgan fingerprint density at radius 1 is 0.763 bits per heavy atom. The van der Waals surface area contributed by atoms with E-state index >= 15 is 0 Å². The van der Waals surface area contributed by atoms with Crippen LogP contribution in [0.3, 0.4) is 0 Å². The number of ether oxygens (including phenoxy) is 1. The molecule has 0 N–H and O–H groups in total. The fraction of sp³-hybridized carbons (Fsp3) is 0.500. The fourth-order valence-corrected chi connectivity index (χ4v) is 12.4. The van der Waals surface area contributed by atoms with Gasteiger partial charge in [0, 0.05) is 11.1 Å². The van der Waals surface area contributed by atoms with E-state index in [9.17, 15) is 0 Å². The molecule has 1 atom stereocenters. The first-order valence-corrected chi connectivity index (χ1v) is 17.3. The molecular weight excluding hydrogens is 501 g/mol. The van der Waals surface area contributed by atoms with E-state index < -0.39 is 5.60 Å². The molecule has 3 aromatic rings. The summed E-state index contributed by atoms with van der Waals surface area (Å²) in [6, 6.07) is 24.2. The zero-order valence-electron chi connectivity index (χ0n) is 23.0. The van der Waals surface area contributed by atoms with Crippen molar-refractivity contribution in [3.05, 3.63) is 88.1 Å². The molecule has 3 aliphatic rings. The molecule has 2 aliphatic carbocycles. The average molecular weight is 544 g/mol. The predicted molar refractivity (Wildman–Crippen MR) is 165 cm³/mol. The minimum atomic E-state index is -0.605. The highest BCUT2D eigenvalue weighted by molar-refractivity contribution is 7.67. The first kappa shape index (κ1) is 26.3. The number of aliphatic imine (C=N–C) groups is 1. The molecule has 0 spiro atoms. The Hall–Kier alpha value is -1.96. The van der Waals surface area contributed by atoms with Crippen LogP contribution < -0.4 is 5.30 Å². The van der Waals surface area contributed by atoms with E-state index in [4.69, 9.17) is 9.73 Å². The summed E-state index contributed by atoms with van der Waals surface area (Å²) in [5, 5.41) is 3.93. The lowest BCUT2D eigenvalue weighted by Crippen LogP contribution is -2.41. The number of hydrogen-bond acceptors (Lipinski definition) is 3. The lowest BCUT2D eigenvalue weighted by atomic mass is 9.76. The van der Waals surface area contributed by atoms with E-state index in [1.807, 2.05) is 11.3 Å². The van der Waals surface area contributed by atoms with Crippen LogP contribution in [0.25, 0.3) is 0 Å². The molecule has 1 aromatic heterocycles. The largest absolute Gasteiger partial charge is 0.458 e. The Labute approximate surface area is 234 Å². The molecule has 38 heavy (non-hydrogen) atoms. The highest BCUT2D eigenvalue weighted by Gasteiger charge is 2.52. The van der Waals surface area contributed by atoms with Gasteiger partial charge < -0.3 is 4.74 Å². The lowest BCUT2D eigenvalue weighted by molar-refractivity contribution is 0.0818. The van der Waals surface area contributed by atoms with Gasteiger partial charge in [-0.25, -0.2) is 4.99 Å². The molecule has 1 aliphatic heterocycles. The van der Waals surface area contributed by atoms with Gasteiger partial charge in [0.2, 0.25) is 5.90 Å². The third-order valence-corrected chi connectivity index (χ3v) is 13.6. The van der Waals surface area contributed by atoms with E-state index in [1.165, 1.54) is 80.2 Å². The maximum Gasteiger partial charge on any atom is 0.228 e. The van der Waals surface area contributed by atoms with E-state index in [2.05, 4.69) is 86.0 Å². The number of thiophene rings is 1. The Morgan fingerprint density at radius 2 is 1.29 bits per heavy atom. The van der Waals surface area contributed by atoms with Gasteiger partial charge >= 0.3 is 0 Å². The maximum absolute atomic E-state index is 7.28. The van der Waals surface area contributed by atoms with Crippen molar-refractivity contribution in [2.24, 2.45) is 10.9 Å². The molecular formula is C34H42NOPS. The van der Waals surface area contributed by atoms with Crippen molar-refractivity contribution in [2.75, 3.05) is 0 Å². The first-order valence-electron chi connectivity index (χ1n) is 14.9. The van der Waals surface area contributed by atoms with Crippen molar-refractivity contribution >= 4 is 30.5 Å². The van der Waals surface area contributed by atoms with Gasteiger partial charge in [0.15, 0.2) is 5.60 Å². The van der Waals surface area contributed by atoms with Crippen LogP contribution >= 0.6 is 19.3 Å². The standard InChI is InChI=1S/C34H42NOPS/c1-25(2)32-34(26-15-7-3-8-16-26,27-17-9-4-10-18-27)36-33(35-32)31-30(23-24-38-31)37(28-19-11-5-12-20-28)29-21-13-6-14-22-29/h3-4,7-10,15-18,23-25,28-29,32H,5-6,11-14,19-22H2,1-2H3/t32-/m0/s1. The van der Waals surface area contributed by atoms with E-state index in [0.29, 0.717) is 5.92 Å². The molecule has 0 saturated heterocycles. The molecule has 2 aromatic carbocycles. The Bertz CT molecular complexity index is 1150. The topological polar surface area (TPSA) is 21.6 Å². The van der Waals surface area contributed by atoms with E-state index in [0.717, 1.165) is 17.2 Å². The van der Waals surface area contributed by atoms with Crippen molar-refractivity contribution in [1.29, 1.82) is 0 Å². The summed E-state index contributed by atoms with van der Waals surface area (Å²) in [5.41, 5.74) is 3.52. The molecule has 2 nitrogen and oxygen atoms in total. The summed E-state index contributed by atoms with van der Waals surface area (Å²) in [6.45, 7) is 4.60. The summed E-state index contributed by atoms with van der Waals surface area (Å²) in [7, 11) is -0.211. The molecule has 0 radical (unpaired) electrons. The van der Waals surface area contributed by atoms with Gasteiger partial charge in [0.1, 0.15) is 6.04 Å². The smallest absolute Gasteiger partial charge is 0.228 e. The number of nitrogens with zero attached hydrogens (tertiary/aromatic N) is 1. The number of hydrogen-bond donors (Lipinski definition) is 0. The molecule has 200 valence electrons. The quantitative estimate of drug-likeness (QED) is 0.272. The van der Waals surface area contributed by atoms with Crippen LogP contribution in [0.2, 0.25) is 0 Å². The summed E-state index contributed by atoms with van der Waals surface area (Å²) >= 11 is 1.87. The van der Waals surface area contributed by atoms with Crippen molar-refractivity contribution in [3.8, 4) is 0 Å². The Kier molecular flexibility index (Phi) is 8.05. The van der Waals surface area contributed by atoms with Gasteiger partial charge in [0.05, 0.1) is 4.88 Å². The highest BCUT2D eigenvalue weighted by atomic mass is 32.1. The van der Waals surface area contributed by atoms with Gasteiger partial charge in [-0.3, -0.25) is 0 Å². The molecule has 2 heterocycles. The third kappa shape index (κ3) is 4.90. The van der Waals surface area contributed by atoms with Crippen LogP contribution in [0.15, 0.2) is 77.1 Å². The monoisotopic (exact) mass is 543 g/mol. The maximum atomic E-state index is 7.28. The summed E-state index contributed by atoms with van der Waals surface area (Å²) < 4.78 is 7.28. The molecule has 2 fully saturated rings. The van der Waals surface area contributed by atoms with Crippen molar-refractivity contribution in [1.82, 2.24) is 0 Å². The van der Waals surface area contributed by atoms with Crippen LogP contribution in [0.5, 0.6) is 0 Å². The summed E-state index contributed by atoms with van der Waals surface area (Å²) in [6.07, 6.45) is 14.1. The summed E-state index contributed by atoms with van der Waals surface area (Å²) in [4.78, 5) is 6.81. The third-order valence-electron chi connectivity index (χ3n) is 9.02. The Balaban J connectivity index is 1.44. The Morgan fingerprint density at radius 3 is 1.79 bits per heavy atom. The number of benzene rings is 2. The van der Waals surface area contributed by atoms with Crippen LogP contribution in [-0.4, -0.2) is 23.3 Å². The normalized spacial score (nSPS) is 22.5. The second kappa shape index (κ2) is 11.6. The fourth-order valence-electron chi connectivity index (χ4n) is 7.25.